The Hall–Kier alpha value is -2.16. The van der Waals surface area contributed by atoms with E-state index in [0.29, 0.717) is 58.6 Å². The van der Waals surface area contributed by atoms with E-state index in [2.05, 4.69) is 15.5 Å². The predicted molar refractivity (Wildman–Crippen MR) is 110 cm³/mol. The van der Waals surface area contributed by atoms with Gasteiger partial charge in [0, 0.05) is 39.8 Å². The molecule has 8 nitrogen and oxygen atoms in total. The first kappa shape index (κ1) is 20.1. The molecule has 1 aromatic rings. The van der Waals surface area contributed by atoms with Gasteiger partial charge in [-0.1, -0.05) is 12.1 Å². The van der Waals surface area contributed by atoms with Crippen molar-refractivity contribution in [2.45, 2.75) is 36.8 Å². The van der Waals surface area contributed by atoms with Crippen molar-refractivity contribution in [2.24, 2.45) is 0 Å². The zero-order valence-corrected chi connectivity index (χ0v) is 16.9. The molecule has 4 rings (SSSR count). The summed E-state index contributed by atoms with van der Waals surface area (Å²) in [4.78, 5) is 29.4. The van der Waals surface area contributed by atoms with Crippen LogP contribution in [0.15, 0.2) is 24.3 Å². The number of piperidine rings is 2. The first-order valence-corrected chi connectivity index (χ1v) is 10.4. The highest BCUT2D eigenvalue weighted by Crippen LogP contribution is 2.37. The van der Waals surface area contributed by atoms with Crippen LogP contribution in [-0.4, -0.2) is 84.3 Å². The Labute approximate surface area is 171 Å². The Kier molecular flexibility index (Phi) is 5.50. The molecule has 0 aliphatic carbocycles. The fraction of sp³-hybridized carbons (Fsp3) is 0.619. The first-order valence-electron chi connectivity index (χ1n) is 10.4. The number of nitrogens with zero attached hydrogens (tertiary/aromatic N) is 2. The lowest BCUT2D eigenvalue weighted by atomic mass is 9.83. The van der Waals surface area contributed by atoms with E-state index in [1.165, 1.54) is 0 Å². The Balaban J connectivity index is 1.39. The van der Waals surface area contributed by atoms with Crippen molar-refractivity contribution in [3.05, 3.63) is 24.3 Å². The van der Waals surface area contributed by atoms with Gasteiger partial charge in [0.25, 0.3) is 5.91 Å². The maximum Gasteiger partial charge on any atom is 0.255 e. The number of carbonyl (C=O) groups excluding carboxylic acids is 2. The van der Waals surface area contributed by atoms with Gasteiger partial charge in [0.2, 0.25) is 5.91 Å². The van der Waals surface area contributed by atoms with Crippen LogP contribution in [0.1, 0.15) is 25.7 Å². The monoisotopic (exact) mass is 402 g/mol. The molecule has 3 heterocycles. The SMILES string of the molecule is COCCN1CCC[C@](O)(CN2CCC3(CC2)Nc2ccccc2NC3=O)C1=O. The van der Waals surface area contributed by atoms with Gasteiger partial charge in [-0.2, -0.15) is 0 Å². The minimum Gasteiger partial charge on any atom is -0.383 e. The van der Waals surface area contributed by atoms with Crippen LogP contribution >= 0.6 is 0 Å². The first-order chi connectivity index (χ1) is 14.0. The molecule has 2 amide bonds. The van der Waals surface area contributed by atoms with E-state index < -0.39 is 11.1 Å². The minimum atomic E-state index is -1.36. The maximum atomic E-state index is 12.8. The van der Waals surface area contributed by atoms with Crippen LogP contribution in [0.2, 0.25) is 0 Å². The average molecular weight is 402 g/mol. The highest BCUT2D eigenvalue weighted by atomic mass is 16.5. The standard InChI is InChI=1S/C21H30N4O4/c1-29-14-13-25-10-4-7-21(28,19(25)27)15-24-11-8-20(9-12-24)18(26)22-16-5-2-3-6-17(16)23-20/h2-3,5-6,23,28H,4,7-15H2,1H3,(H,22,26)/t21-/m0/s1. The average Bonchev–Trinajstić information content (AvgIpc) is 2.72. The van der Waals surface area contributed by atoms with Crippen LogP contribution in [0.3, 0.4) is 0 Å². The number of carbonyl (C=O) groups is 2. The third kappa shape index (κ3) is 3.84. The summed E-state index contributed by atoms with van der Waals surface area (Å²) in [6, 6.07) is 7.72. The van der Waals surface area contributed by atoms with Crippen LogP contribution in [0.4, 0.5) is 11.4 Å². The van der Waals surface area contributed by atoms with Gasteiger partial charge < -0.3 is 25.4 Å². The van der Waals surface area contributed by atoms with E-state index in [0.717, 1.165) is 17.8 Å². The lowest BCUT2D eigenvalue weighted by Crippen LogP contribution is -2.62. The summed E-state index contributed by atoms with van der Waals surface area (Å²) < 4.78 is 5.08. The molecule has 0 saturated carbocycles. The van der Waals surface area contributed by atoms with Crippen molar-refractivity contribution in [1.29, 1.82) is 0 Å². The number of fused-ring (bicyclic) bond motifs is 1. The van der Waals surface area contributed by atoms with Crippen LogP contribution in [-0.2, 0) is 14.3 Å². The largest absolute Gasteiger partial charge is 0.383 e. The quantitative estimate of drug-likeness (QED) is 0.677. The number of aliphatic hydroxyl groups is 1. The Morgan fingerprint density at radius 1 is 1.10 bits per heavy atom. The molecule has 1 aromatic carbocycles. The van der Waals surface area contributed by atoms with Crippen LogP contribution < -0.4 is 10.6 Å². The second-order valence-electron chi connectivity index (χ2n) is 8.40. The van der Waals surface area contributed by atoms with Crippen molar-refractivity contribution >= 4 is 23.2 Å². The molecule has 0 bridgehead atoms. The zero-order chi connectivity index (χ0) is 20.5. The number of nitrogens with one attached hydrogen (secondary N) is 2. The van der Waals surface area contributed by atoms with E-state index in [-0.39, 0.29) is 11.8 Å². The van der Waals surface area contributed by atoms with E-state index in [1.807, 2.05) is 24.3 Å². The fourth-order valence-corrected chi connectivity index (χ4v) is 4.70. The van der Waals surface area contributed by atoms with Crippen LogP contribution in [0.5, 0.6) is 0 Å². The smallest absolute Gasteiger partial charge is 0.255 e. The summed E-state index contributed by atoms with van der Waals surface area (Å²) in [6.45, 7) is 3.24. The number of amides is 2. The molecule has 0 unspecified atom stereocenters. The van der Waals surface area contributed by atoms with Gasteiger partial charge in [0.1, 0.15) is 5.54 Å². The van der Waals surface area contributed by atoms with Crippen molar-refractivity contribution < 1.29 is 19.4 Å². The normalized spacial score (nSPS) is 26.8. The molecule has 8 heteroatoms. The summed E-state index contributed by atoms with van der Waals surface area (Å²) in [5.41, 5.74) is -0.237. The summed E-state index contributed by atoms with van der Waals surface area (Å²) in [5, 5.41) is 17.5. The molecule has 29 heavy (non-hydrogen) atoms. The summed E-state index contributed by atoms with van der Waals surface area (Å²) in [5.74, 6) is -0.211. The van der Waals surface area contributed by atoms with Gasteiger partial charge >= 0.3 is 0 Å². The number of ether oxygens (including phenoxy) is 1. The Bertz CT molecular complexity index is 778. The lowest BCUT2D eigenvalue weighted by Gasteiger charge is -2.46. The van der Waals surface area contributed by atoms with E-state index >= 15 is 0 Å². The van der Waals surface area contributed by atoms with Crippen molar-refractivity contribution in [3.63, 3.8) is 0 Å². The number of hydrogen-bond acceptors (Lipinski definition) is 6. The summed E-state index contributed by atoms with van der Waals surface area (Å²) >= 11 is 0. The molecule has 158 valence electrons. The lowest BCUT2D eigenvalue weighted by molar-refractivity contribution is -0.160. The number of benzene rings is 1. The molecule has 3 aliphatic heterocycles. The molecule has 0 radical (unpaired) electrons. The van der Waals surface area contributed by atoms with Gasteiger partial charge in [-0.3, -0.25) is 14.5 Å². The molecule has 3 N–H and O–H groups in total. The maximum absolute atomic E-state index is 12.8. The fourth-order valence-electron chi connectivity index (χ4n) is 4.70. The predicted octanol–water partition coefficient (Wildman–Crippen LogP) is 0.885. The number of rotatable bonds is 5. The van der Waals surface area contributed by atoms with Crippen molar-refractivity contribution in [3.8, 4) is 0 Å². The highest BCUT2D eigenvalue weighted by Gasteiger charge is 2.47. The zero-order valence-electron chi connectivity index (χ0n) is 16.9. The summed E-state index contributed by atoms with van der Waals surface area (Å²) in [7, 11) is 1.61. The molecular formula is C21H30N4O4. The van der Waals surface area contributed by atoms with Crippen molar-refractivity contribution in [1.82, 2.24) is 9.80 Å². The van der Waals surface area contributed by atoms with Gasteiger partial charge in [-0.25, -0.2) is 0 Å². The number of para-hydroxylation sites is 2. The molecule has 2 fully saturated rings. The van der Waals surface area contributed by atoms with E-state index in [9.17, 15) is 14.7 Å². The number of likely N-dealkylation sites (tertiary alicyclic amines) is 2. The third-order valence-corrected chi connectivity index (χ3v) is 6.45. The number of β-amino-alcohol motifs (C(OH)–C–C–N with tert-alkyl or cyclic N) is 1. The Morgan fingerprint density at radius 2 is 1.83 bits per heavy atom. The number of methoxy groups -OCH3 is 1. The topological polar surface area (TPSA) is 94.1 Å². The second-order valence-corrected chi connectivity index (χ2v) is 8.40. The van der Waals surface area contributed by atoms with Gasteiger partial charge in [0.15, 0.2) is 5.60 Å². The third-order valence-electron chi connectivity index (χ3n) is 6.45. The highest BCUT2D eigenvalue weighted by molar-refractivity contribution is 6.06. The molecule has 2 saturated heterocycles. The van der Waals surface area contributed by atoms with Crippen LogP contribution in [0.25, 0.3) is 0 Å². The van der Waals surface area contributed by atoms with Gasteiger partial charge in [-0.05, 0) is 37.8 Å². The Morgan fingerprint density at radius 3 is 2.55 bits per heavy atom. The number of hydrogen-bond donors (Lipinski definition) is 3. The molecule has 0 aromatic heterocycles. The van der Waals surface area contributed by atoms with E-state index in [4.69, 9.17) is 4.74 Å². The molecular weight excluding hydrogens is 372 g/mol. The molecule has 1 atom stereocenters. The van der Waals surface area contributed by atoms with Crippen LogP contribution in [0, 0.1) is 0 Å². The van der Waals surface area contributed by atoms with Gasteiger partial charge in [0.05, 0.1) is 18.0 Å². The van der Waals surface area contributed by atoms with Gasteiger partial charge in [-0.15, -0.1) is 0 Å². The number of anilines is 2. The molecule has 1 spiro atoms. The van der Waals surface area contributed by atoms with E-state index in [1.54, 1.807) is 12.0 Å². The molecule has 3 aliphatic rings. The van der Waals surface area contributed by atoms with Crippen molar-refractivity contribution in [2.75, 3.05) is 57.1 Å². The summed E-state index contributed by atoms with van der Waals surface area (Å²) in [6.07, 6.45) is 2.52. The second kappa shape index (κ2) is 7.93. The minimum absolute atomic E-state index is 0.00551.